The number of hydrogen-bond acceptors (Lipinski definition) is 2. The van der Waals surface area contributed by atoms with Crippen molar-refractivity contribution in [1.29, 1.82) is 0 Å². The summed E-state index contributed by atoms with van der Waals surface area (Å²) in [4.78, 5) is 2.34. The van der Waals surface area contributed by atoms with Crippen molar-refractivity contribution < 1.29 is 5.11 Å². The van der Waals surface area contributed by atoms with Crippen molar-refractivity contribution in [3.8, 4) is 0 Å². The molecular formula is C14H21NO. The Bertz CT molecular complexity index is 336. The van der Waals surface area contributed by atoms with Crippen molar-refractivity contribution in [3.05, 3.63) is 29.8 Å². The first-order valence-electron chi connectivity index (χ1n) is 6.22. The zero-order valence-electron chi connectivity index (χ0n) is 10.2. The van der Waals surface area contributed by atoms with Gasteiger partial charge in [0.25, 0.3) is 0 Å². The van der Waals surface area contributed by atoms with E-state index in [1.165, 1.54) is 11.3 Å². The minimum atomic E-state index is 0.0990. The van der Waals surface area contributed by atoms with E-state index < -0.39 is 0 Å². The summed E-state index contributed by atoms with van der Waals surface area (Å²) in [7, 11) is 0. The Morgan fingerprint density at radius 1 is 1.12 bits per heavy atom. The van der Waals surface area contributed by atoms with Gasteiger partial charge in [-0.15, -0.1) is 0 Å². The topological polar surface area (TPSA) is 23.5 Å². The fraction of sp³-hybridized carbons (Fsp3) is 0.571. The summed E-state index contributed by atoms with van der Waals surface area (Å²) in [6.45, 7) is 6.72. The van der Waals surface area contributed by atoms with Crippen LogP contribution in [-0.4, -0.2) is 24.8 Å². The van der Waals surface area contributed by atoms with Crippen LogP contribution < -0.4 is 4.90 Å². The van der Waals surface area contributed by atoms with Crippen molar-refractivity contribution >= 4 is 5.69 Å². The molecule has 0 amide bonds. The van der Waals surface area contributed by atoms with Crippen LogP contribution in [-0.2, 0) is 5.41 Å². The van der Waals surface area contributed by atoms with Gasteiger partial charge in [0.1, 0.15) is 0 Å². The lowest BCUT2D eigenvalue weighted by Crippen LogP contribution is -2.22. The van der Waals surface area contributed by atoms with Crippen LogP contribution in [0.15, 0.2) is 24.3 Å². The number of benzene rings is 1. The molecule has 0 aliphatic heterocycles. The minimum absolute atomic E-state index is 0.0990. The van der Waals surface area contributed by atoms with Crippen LogP contribution in [0.3, 0.4) is 0 Å². The molecule has 0 atom stereocenters. The molecule has 0 unspecified atom stereocenters. The first kappa shape index (κ1) is 11.5. The Morgan fingerprint density at radius 2 is 1.69 bits per heavy atom. The van der Waals surface area contributed by atoms with E-state index >= 15 is 0 Å². The first-order chi connectivity index (χ1) is 7.75. The maximum absolute atomic E-state index is 9.37. The van der Waals surface area contributed by atoms with E-state index in [0.717, 1.165) is 25.9 Å². The van der Waals surface area contributed by atoms with Crippen LogP contribution in [0.4, 0.5) is 5.69 Å². The number of aliphatic hydroxyl groups excluding tert-OH is 1. The minimum Gasteiger partial charge on any atom is -0.395 e. The highest BCUT2D eigenvalue weighted by molar-refractivity contribution is 5.49. The fourth-order valence-corrected chi connectivity index (χ4v) is 2.30. The molecule has 0 spiro atoms. The Labute approximate surface area is 97.9 Å². The van der Waals surface area contributed by atoms with Gasteiger partial charge in [-0.25, -0.2) is 0 Å². The molecule has 0 heterocycles. The van der Waals surface area contributed by atoms with Crippen LogP contribution in [0.2, 0.25) is 0 Å². The monoisotopic (exact) mass is 219 g/mol. The number of anilines is 1. The molecule has 1 aliphatic carbocycles. The molecule has 1 aromatic rings. The lowest BCUT2D eigenvalue weighted by atomic mass is 9.97. The zero-order chi connectivity index (χ0) is 11.6. The summed E-state index contributed by atoms with van der Waals surface area (Å²) < 4.78 is 0. The third-order valence-corrected chi connectivity index (χ3v) is 3.76. The average Bonchev–Trinajstić information content (AvgIpc) is 3.12. The molecule has 0 bridgehead atoms. The maximum atomic E-state index is 9.37. The molecule has 0 aromatic heterocycles. The van der Waals surface area contributed by atoms with Gasteiger partial charge in [0.2, 0.25) is 0 Å². The van der Waals surface area contributed by atoms with Gasteiger partial charge in [0, 0.05) is 24.2 Å². The number of nitrogens with zero attached hydrogens (tertiary/aromatic N) is 1. The Kier molecular flexibility index (Phi) is 3.20. The fourth-order valence-electron chi connectivity index (χ4n) is 2.30. The predicted octanol–water partition coefficient (Wildman–Crippen LogP) is 2.56. The number of rotatable bonds is 5. The van der Waals surface area contributed by atoms with Crippen LogP contribution in [0, 0.1) is 0 Å². The Balaban J connectivity index is 2.16. The van der Waals surface area contributed by atoms with Gasteiger partial charge in [0.05, 0.1) is 6.61 Å². The van der Waals surface area contributed by atoms with Crippen molar-refractivity contribution in [2.75, 3.05) is 24.6 Å². The van der Waals surface area contributed by atoms with E-state index in [-0.39, 0.29) is 12.0 Å². The highest BCUT2D eigenvalue weighted by atomic mass is 16.3. The Morgan fingerprint density at radius 3 is 2.06 bits per heavy atom. The zero-order valence-corrected chi connectivity index (χ0v) is 10.2. The number of hydrogen-bond donors (Lipinski definition) is 1. The molecule has 1 N–H and O–H groups in total. The second-order valence-corrected chi connectivity index (χ2v) is 4.66. The van der Waals surface area contributed by atoms with Gasteiger partial charge < -0.3 is 10.0 Å². The summed E-state index contributed by atoms with van der Waals surface area (Å²) in [6.07, 6.45) is 2.27. The molecule has 0 saturated heterocycles. The van der Waals surface area contributed by atoms with Crippen LogP contribution in [0.5, 0.6) is 0 Å². The summed E-state index contributed by atoms with van der Waals surface area (Å²) in [5.41, 5.74) is 2.68. The van der Waals surface area contributed by atoms with Gasteiger partial charge in [-0.2, -0.15) is 0 Å². The number of aliphatic hydroxyl groups is 1. The molecule has 1 fully saturated rings. The van der Waals surface area contributed by atoms with E-state index in [0.29, 0.717) is 0 Å². The molecule has 2 rings (SSSR count). The molecule has 1 aromatic carbocycles. The van der Waals surface area contributed by atoms with Gasteiger partial charge in [0.15, 0.2) is 0 Å². The van der Waals surface area contributed by atoms with E-state index in [9.17, 15) is 5.11 Å². The van der Waals surface area contributed by atoms with E-state index in [2.05, 4.69) is 43.0 Å². The molecule has 2 heteroatoms. The quantitative estimate of drug-likeness (QED) is 0.822. The van der Waals surface area contributed by atoms with Gasteiger partial charge in [-0.05, 0) is 44.4 Å². The standard InChI is InChI=1S/C14H21NO/c1-3-15(4-2)13-7-5-12(6-8-13)14(11-16)9-10-14/h5-8,16H,3-4,9-11H2,1-2H3. The lowest BCUT2D eigenvalue weighted by Gasteiger charge is -2.22. The molecule has 1 aliphatic rings. The van der Waals surface area contributed by atoms with Crippen molar-refractivity contribution in [1.82, 2.24) is 0 Å². The van der Waals surface area contributed by atoms with Gasteiger partial charge >= 0.3 is 0 Å². The van der Waals surface area contributed by atoms with Crippen molar-refractivity contribution in [2.45, 2.75) is 32.1 Å². The molecular weight excluding hydrogens is 198 g/mol. The predicted molar refractivity (Wildman–Crippen MR) is 68.0 cm³/mol. The molecule has 0 radical (unpaired) electrons. The normalized spacial score (nSPS) is 17.2. The third kappa shape index (κ3) is 1.94. The molecule has 1 saturated carbocycles. The summed E-state index contributed by atoms with van der Waals surface area (Å²) in [5, 5.41) is 9.37. The van der Waals surface area contributed by atoms with Gasteiger partial charge in [-0.1, -0.05) is 12.1 Å². The van der Waals surface area contributed by atoms with Gasteiger partial charge in [-0.3, -0.25) is 0 Å². The highest BCUT2D eigenvalue weighted by Crippen LogP contribution is 2.47. The summed E-state index contributed by atoms with van der Waals surface area (Å²) >= 11 is 0. The summed E-state index contributed by atoms with van der Waals surface area (Å²) in [5.74, 6) is 0. The van der Waals surface area contributed by atoms with Crippen LogP contribution in [0.1, 0.15) is 32.3 Å². The first-order valence-corrected chi connectivity index (χ1v) is 6.22. The van der Waals surface area contributed by atoms with Crippen molar-refractivity contribution in [3.63, 3.8) is 0 Å². The highest BCUT2D eigenvalue weighted by Gasteiger charge is 2.43. The van der Waals surface area contributed by atoms with E-state index in [4.69, 9.17) is 0 Å². The lowest BCUT2D eigenvalue weighted by molar-refractivity contribution is 0.255. The largest absolute Gasteiger partial charge is 0.395 e. The average molecular weight is 219 g/mol. The molecule has 2 nitrogen and oxygen atoms in total. The van der Waals surface area contributed by atoms with Crippen LogP contribution in [0.25, 0.3) is 0 Å². The molecule has 16 heavy (non-hydrogen) atoms. The molecule has 88 valence electrons. The van der Waals surface area contributed by atoms with Crippen molar-refractivity contribution in [2.24, 2.45) is 0 Å². The maximum Gasteiger partial charge on any atom is 0.0527 e. The van der Waals surface area contributed by atoms with E-state index in [1.54, 1.807) is 0 Å². The van der Waals surface area contributed by atoms with E-state index in [1.807, 2.05) is 0 Å². The third-order valence-electron chi connectivity index (χ3n) is 3.76. The summed E-state index contributed by atoms with van der Waals surface area (Å²) in [6, 6.07) is 8.71. The second-order valence-electron chi connectivity index (χ2n) is 4.66. The van der Waals surface area contributed by atoms with Crippen LogP contribution >= 0.6 is 0 Å². The second kappa shape index (κ2) is 4.46. The SMILES string of the molecule is CCN(CC)c1ccc(C2(CO)CC2)cc1. The Hall–Kier alpha value is -1.02. The smallest absolute Gasteiger partial charge is 0.0527 e.